The minimum atomic E-state index is -0.299. The molecule has 2 unspecified atom stereocenters. The third-order valence-corrected chi connectivity index (χ3v) is 6.17. The molecule has 0 saturated heterocycles. The number of halogens is 1. The van der Waals surface area contributed by atoms with E-state index in [-0.39, 0.29) is 24.6 Å². The molecule has 1 heterocycles. The predicted molar refractivity (Wildman–Crippen MR) is 114 cm³/mol. The topological polar surface area (TPSA) is 29.5 Å². The Balaban J connectivity index is 1.79. The van der Waals surface area contributed by atoms with Crippen LogP contribution in [0.5, 0.6) is 0 Å². The Hall–Kier alpha value is -2.01. The second kappa shape index (κ2) is 9.46. The van der Waals surface area contributed by atoms with Crippen LogP contribution in [0.2, 0.25) is 0 Å². The third-order valence-electron chi connectivity index (χ3n) is 5.04. The highest BCUT2D eigenvalue weighted by atomic mass is 32.1. The lowest BCUT2D eigenvalue weighted by Gasteiger charge is -2.21. The molecule has 0 aliphatic heterocycles. The van der Waals surface area contributed by atoms with E-state index in [4.69, 9.17) is 4.74 Å². The average Bonchev–Trinajstić information content (AvgIpc) is 3.16. The van der Waals surface area contributed by atoms with E-state index in [0.29, 0.717) is 0 Å². The standard InChI is InChI=1S/C24H27FO2S/c1-4-17(3)27-23(15-26)19-6-5-16(2)20(13-19)14-22-11-12-24(28-22)18-7-9-21(25)10-8-18/h5-13,17,23,26H,4,14-15H2,1-3H3. The van der Waals surface area contributed by atoms with Gasteiger partial charge in [-0.25, -0.2) is 4.39 Å². The van der Waals surface area contributed by atoms with Crippen molar-refractivity contribution < 1.29 is 14.2 Å². The van der Waals surface area contributed by atoms with Crippen LogP contribution in [0.15, 0.2) is 54.6 Å². The molecule has 28 heavy (non-hydrogen) atoms. The zero-order chi connectivity index (χ0) is 20.1. The highest BCUT2D eigenvalue weighted by Crippen LogP contribution is 2.31. The SMILES string of the molecule is CCC(C)OC(CO)c1ccc(C)c(Cc2ccc(-c3ccc(F)cc3)s2)c1. The van der Waals surface area contributed by atoms with Gasteiger partial charge in [0, 0.05) is 16.2 Å². The molecule has 3 rings (SSSR count). The lowest BCUT2D eigenvalue weighted by molar-refractivity contribution is -0.0341. The Kier molecular flexibility index (Phi) is 7.00. The van der Waals surface area contributed by atoms with Crippen LogP contribution in [0.1, 0.15) is 47.9 Å². The van der Waals surface area contributed by atoms with Crippen LogP contribution in [0, 0.1) is 12.7 Å². The number of thiophene rings is 1. The molecule has 2 nitrogen and oxygen atoms in total. The lowest BCUT2D eigenvalue weighted by Crippen LogP contribution is -2.16. The monoisotopic (exact) mass is 398 g/mol. The summed E-state index contributed by atoms with van der Waals surface area (Å²) in [5, 5.41) is 9.77. The van der Waals surface area contributed by atoms with Crippen LogP contribution in [0.25, 0.3) is 10.4 Å². The van der Waals surface area contributed by atoms with Crippen LogP contribution in [0.3, 0.4) is 0 Å². The molecule has 0 bridgehead atoms. The minimum Gasteiger partial charge on any atom is -0.393 e. The molecule has 0 saturated carbocycles. The summed E-state index contributed by atoms with van der Waals surface area (Å²) < 4.78 is 19.1. The van der Waals surface area contributed by atoms with E-state index in [1.165, 1.54) is 28.1 Å². The Morgan fingerprint density at radius 3 is 2.50 bits per heavy atom. The van der Waals surface area contributed by atoms with Crippen LogP contribution in [0.4, 0.5) is 4.39 Å². The molecule has 0 aliphatic rings. The maximum absolute atomic E-state index is 13.1. The van der Waals surface area contributed by atoms with Gasteiger partial charge in [0.1, 0.15) is 11.9 Å². The van der Waals surface area contributed by atoms with Crippen molar-refractivity contribution in [3.8, 4) is 10.4 Å². The first kappa shape index (κ1) is 20.7. The van der Waals surface area contributed by atoms with Crippen LogP contribution in [-0.4, -0.2) is 17.8 Å². The average molecular weight is 399 g/mol. The first-order valence-corrected chi connectivity index (χ1v) is 10.5. The van der Waals surface area contributed by atoms with E-state index in [1.807, 2.05) is 25.1 Å². The Labute approximate surface area is 170 Å². The van der Waals surface area contributed by atoms with Crippen molar-refractivity contribution in [2.24, 2.45) is 0 Å². The number of aliphatic hydroxyl groups excluding tert-OH is 1. The van der Waals surface area contributed by atoms with Crippen LogP contribution < -0.4 is 0 Å². The Bertz CT molecular complexity index is 901. The fourth-order valence-corrected chi connectivity index (χ4v) is 4.15. The molecule has 4 heteroatoms. The summed E-state index contributed by atoms with van der Waals surface area (Å²) >= 11 is 1.73. The summed E-state index contributed by atoms with van der Waals surface area (Å²) in [5.74, 6) is -0.217. The van der Waals surface area contributed by atoms with Gasteiger partial charge in [0.2, 0.25) is 0 Å². The number of ether oxygens (including phenoxy) is 1. The summed E-state index contributed by atoms with van der Waals surface area (Å²) in [4.78, 5) is 2.39. The first-order valence-electron chi connectivity index (χ1n) is 9.70. The molecule has 148 valence electrons. The molecule has 0 aliphatic carbocycles. The molecule has 3 aromatic rings. The lowest BCUT2D eigenvalue weighted by atomic mass is 9.99. The molecule has 1 N–H and O–H groups in total. The summed E-state index contributed by atoms with van der Waals surface area (Å²) in [7, 11) is 0. The van der Waals surface area contributed by atoms with Gasteiger partial charge in [0.05, 0.1) is 12.7 Å². The number of rotatable bonds is 8. The summed E-state index contributed by atoms with van der Waals surface area (Å²) in [5.41, 5.74) is 4.50. The minimum absolute atomic E-state index is 0.0272. The van der Waals surface area contributed by atoms with E-state index in [9.17, 15) is 9.50 Å². The van der Waals surface area contributed by atoms with Crippen molar-refractivity contribution in [1.82, 2.24) is 0 Å². The van der Waals surface area contributed by atoms with E-state index < -0.39 is 0 Å². The zero-order valence-corrected chi connectivity index (χ0v) is 17.4. The Morgan fingerprint density at radius 2 is 1.82 bits per heavy atom. The third kappa shape index (κ3) is 5.07. The van der Waals surface area contributed by atoms with Crippen molar-refractivity contribution >= 4 is 11.3 Å². The number of hydrogen-bond donors (Lipinski definition) is 1. The zero-order valence-electron chi connectivity index (χ0n) is 16.6. The van der Waals surface area contributed by atoms with Crippen molar-refractivity contribution in [2.45, 2.75) is 45.8 Å². The van der Waals surface area contributed by atoms with Crippen molar-refractivity contribution in [2.75, 3.05) is 6.61 Å². The quantitative estimate of drug-likeness (QED) is 0.482. The first-order chi connectivity index (χ1) is 13.5. The normalized spacial score (nSPS) is 13.5. The van der Waals surface area contributed by atoms with Crippen LogP contribution >= 0.6 is 11.3 Å². The number of aliphatic hydroxyl groups is 1. The Morgan fingerprint density at radius 1 is 1.07 bits per heavy atom. The second-order valence-corrected chi connectivity index (χ2v) is 8.33. The molecule has 2 aromatic carbocycles. The molecule has 0 fully saturated rings. The molecule has 2 atom stereocenters. The van der Waals surface area contributed by atoms with Gasteiger partial charge in [0.15, 0.2) is 0 Å². The van der Waals surface area contributed by atoms with Crippen LogP contribution in [-0.2, 0) is 11.2 Å². The number of hydrogen-bond acceptors (Lipinski definition) is 3. The summed E-state index contributed by atoms with van der Waals surface area (Å²) in [6.45, 7) is 6.19. The maximum atomic E-state index is 13.1. The fraction of sp³-hybridized carbons (Fsp3) is 0.333. The van der Waals surface area contributed by atoms with Gasteiger partial charge in [-0.05, 0) is 66.8 Å². The number of benzene rings is 2. The summed E-state index contributed by atoms with van der Waals surface area (Å²) in [6.07, 6.45) is 1.55. The fourth-order valence-electron chi connectivity index (χ4n) is 3.12. The van der Waals surface area contributed by atoms with Crippen molar-refractivity contribution in [3.63, 3.8) is 0 Å². The molecule has 0 amide bonds. The van der Waals surface area contributed by atoms with Gasteiger partial charge in [-0.1, -0.05) is 37.3 Å². The number of aryl methyl sites for hydroxylation is 1. The maximum Gasteiger partial charge on any atom is 0.123 e. The van der Waals surface area contributed by atoms with Crippen molar-refractivity contribution in [3.05, 3.63) is 82.0 Å². The van der Waals surface area contributed by atoms with E-state index >= 15 is 0 Å². The van der Waals surface area contributed by atoms with E-state index in [0.717, 1.165) is 28.8 Å². The van der Waals surface area contributed by atoms with Gasteiger partial charge in [-0.2, -0.15) is 0 Å². The van der Waals surface area contributed by atoms with E-state index in [1.54, 1.807) is 11.3 Å². The smallest absolute Gasteiger partial charge is 0.123 e. The van der Waals surface area contributed by atoms with Gasteiger partial charge in [-0.15, -0.1) is 11.3 Å². The largest absolute Gasteiger partial charge is 0.393 e. The second-order valence-electron chi connectivity index (χ2n) is 7.16. The molecule has 0 radical (unpaired) electrons. The molecule has 1 aromatic heterocycles. The molecule has 0 spiro atoms. The van der Waals surface area contributed by atoms with Crippen molar-refractivity contribution in [1.29, 1.82) is 0 Å². The highest BCUT2D eigenvalue weighted by Gasteiger charge is 2.16. The molecular weight excluding hydrogens is 371 g/mol. The summed E-state index contributed by atoms with van der Waals surface area (Å²) in [6, 6.07) is 17.1. The van der Waals surface area contributed by atoms with Gasteiger partial charge in [0.25, 0.3) is 0 Å². The molecular formula is C24H27FO2S. The van der Waals surface area contributed by atoms with E-state index in [2.05, 4.69) is 38.1 Å². The van der Waals surface area contributed by atoms with Gasteiger partial charge < -0.3 is 9.84 Å². The predicted octanol–water partition coefficient (Wildman–Crippen LogP) is 6.30. The van der Waals surface area contributed by atoms with Gasteiger partial charge >= 0.3 is 0 Å². The highest BCUT2D eigenvalue weighted by molar-refractivity contribution is 7.15. The van der Waals surface area contributed by atoms with Gasteiger partial charge in [-0.3, -0.25) is 0 Å².